The molecule has 0 fully saturated rings. The van der Waals surface area contributed by atoms with Gasteiger partial charge in [-0.25, -0.2) is 4.79 Å². The Morgan fingerprint density at radius 1 is 1.21 bits per heavy atom. The summed E-state index contributed by atoms with van der Waals surface area (Å²) < 4.78 is 10.3. The van der Waals surface area contributed by atoms with Crippen molar-refractivity contribution in [2.75, 3.05) is 19.0 Å². The van der Waals surface area contributed by atoms with E-state index in [4.69, 9.17) is 32.7 Å². The van der Waals surface area contributed by atoms with Crippen molar-refractivity contribution in [3.8, 4) is 5.75 Å². The summed E-state index contributed by atoms with van der Waals surface area (Å²) in [7, 11) is 1.54. The minimum absolute atomic E-state index is 0.241. The molecule has 0 aliphatic heterocycles. The van der Waals surface area contributed by atoms with E-state index < -0.39 is 22.5 Å². The molecule has 0 bridgehead atoms. The number of benzene rings is 2. The molecule has 0 aliphatic rings. The first-order valence-corrected chi connectivity index (χ1v) is 9.61. The van der Waals surface area contributed by atoms with E-state index in [1.807, 2.05) is 0 Å². The highest BCUT2D eigenvalue weighted by Gasteiger charge is 2.53. The molecule has 0 saturated carbocycles. The van der Waals surface area contributed by atoms with E-state index in [0.29, 0.717) is 22.0 Å². The number of anilines is 1. The quantitative estimate of drug-likeness (QED) is 0.347. The fraction of sp³-hybridized carbons (Fsp3) is 0.350. The van der Waals surface area contributed by atoms with E-state index in [9.17, 15) is 14.9 Å². The second-order valence-electron chi connectivity index (χ2n) is 6.74. The van der Waals surface area contributed by atoms with Gasteiger partial charge in [-0.05, 0) is 55.8 Å². The summed E-state index contributed by atoms with van der Waals surface area (Å²) in [6.45, 7) is 2.97. The highest BCUT2D eigenvalue weighted by atomic mass is 35.5. The molecule has 2 aromatic rings. The molecule has 156 valence electrons. The average Bonchev–Trinajstić information content (AvgIpc) is 2.66. The van der Waals surface area contributed by atoms with Crippen molar-refractivity contribution in [1.82, 2.24) is 0 Å². The predicted molar refractivity (Wildman–Crippen MR) is 113 cm³/mol. The lowest BCUT2D eigenvalue weighted by Crippen LogP contribution is -2.55. The summed E-state index contributed by atoms with van der Waals surface area (Å²) in [6.07, 6.45) is -0.770. The Morgan fingerprint density at radius 2 is 1.86 bits per heavy atom. The summed E-state index contributed by atoms with van der Waals surface area (Å²) >= 11 is 12.1. The van der Waals surface area contributed by atoms with Gasteiger partial charge in [-0.2, -0.15) is 0 Å². The third-order valence-electron chi connectivity index (χ3n) is 4.25. The van der Waals surface area contributed by atoms with Crippen molar-refractivity contribution in [2.24, 2.45) is 0 Å². The zero-order valence-electron chi connectivity index (χ0n) is 16.3. The Balaban J connectivity index is 2.38. The van der Waals surface area contributed by atoms with E-state index >= 15 is 0 Å². The predicted octanol–water partition coefficient (Wildman–Crippen LogP) is 4.62. The van der Waals surface area contributed by atoms with Crippen LogP contribution in [0, 0.1) is 10.1 Å². The van der Waals surface area contributed by atoms with Crippen LogP contribution in [0.5, 0.6) is 5.75 Å². The lowest BCUT2D eigenvalue weighted by atomic mass is 9.90. The van der Waals surface area contributed by atoms with Gasteiger partial charge in [-0.1, -0.05) is 29.3 Å². The molecule has 7 nitrogen and oxygen atoms in total. The van der Waals surface area contributed by atoms with Crippen molar-refractivity contribution in [2.45, 2.75) is 31.9 Å². The molecule has 0 heterocycles. The number of carbonyl (C=O) groups is 1. The number of hydrogen-bond donors (Lipinski definition) is 1. The van der Waals surface area contributed by atoms with E-state index in [1.165, 1.54) is 13.2 Å². The van der Waals surface area contributed by atoms with Crippen LogP contribution in [0.2, 0.25) is 10.0 Å². The lowest BCUT2D eigenvalue weighted by Gasteiger charge is -2.26. The smallest absolute Gasteiger partial charge is 0.387 e. The van der Waals surface area contributed by atoms with Crippen molar-refractivity contribution in [3.05, 3.63) is 68.2 Å². The first-order valence-electron chi connectivity index (χ1n) is 8.85. The molecule has 0 saturated heterocycles. The van der Waals surface area contributed by atoms with Crippen LogP contribution in [-0.2, 0) is 16.0 Å². The topological polar surface area (TPSA) is 90.7 Å². The number of rotatable bonds is 9. The number of nitro groups is 1. The zero-order valence-corrected chi connectivity index (χ0v) is 17.8. The van der Waals surface area contributed by atoms with Gasteiger partial charge in [0.15, 0.2) is 0 Å². The van der Waals surface area contributed by atoms with E-state index in [2.05, 4.69) is 5.32 Å². The normalized spacial score (nSPS) is 12.9. The van der Waals surface area contributed by atoms with E-state index in [-0.39, 0.29) is 18.0 Å². The number of halogens is 2. The molecule has 2 rings (SSSR count). The molecule has 1 atom stereocenters. The van der Waals surface area contributed by atoms with Gasteiger partial charge in [0.25, 0.3) is 0 Å². The highest BCUT2D eigenvalue weighted by molar-refractivity contribution is 6.35. The summed E-state index contributed by atoms with van der Waals surface area (Å²) in [6, 6.07) is 11.4. The first kappa shape index (κ1) is 22.8. The molecule has 1 unspecified atom stereocenters. The number of esters is 1. The fourth-order valence-corrected chi connectivity index (χ4v) is 3.15. The van der Waals surface area contributed by atoms with E-state index in [0.717, 1.165) is 0 Å². The number of nitrogens with zero attached hydrogens (tertiary/aromatic N) is 1. The molecule has 2 aromatic carbocycles. The van der Waals surface area contributed by atoms with Gasteiger partial charge >= 0.3 is 11.5 Å². The Bertz CT molecular complexity index is 874. The molecule has 0 radical (unpaired) electrons. The van der Waals surface area contributed by atoms with Gasteiger partial charge in [0.2, 0.25) is 0 Å². The number of ether oxygens (including phenoxy) is 2. The monoisotopic (exact) mass is 440 g/mol. The van der Waals surface area contributed by atoms with Crippen LogP contribution >= 0.6 is 23.2 Å². The molecular formula is C20H22Cl2N2O5. The van der Waals surface area contributed by atoms with Gasteiger partial charge < -0.3 is 14.8 Å². The van der Waals surface area contributed by atoms with Gasteiger partial charge in [0, 0.05) is 20.7 Å². The summed E-state index contributed by atoms with van der Waals surface area (Å²) in [5, 5.41) is 15.7. The average molecular weight is 441 g/mol. The molecule has 0 amide bonds. The number of hydrogen-bond acceptors (Lipinski definition) is 6. The van der Waals surface area contributed by atoms with Crippen LogP contribution in [0.25, 0.3) is 0 Å². The fourth-order valence-electron chi connectivity index (χ4n) is 2.67. The maximum absolute atomic E-state index is 12.8. The van der Waals surface area contributed by atoms with E-state index in [1.54, 1.807) is 50.2 Å². The minimum Gasteiger partial charge on any atom is -0.497 e. The van der Waals surface area contributed by atoms with Crippen LogP contribution in [0.4, 0.5) is 5.69 Å². The van der Waals surface area contributed by atoms with Gasteiger partial charge in [-0.3, -0.25) is 10.1 Å². The molecule has 1 N–H and O–H groups in total. The Morgan fingerprint density at radius 3 is 2.38 bits per heavy atom. The number of nitrogens with one attached hydrogen (secondary N) is 1. The molecular weight excluding hydrogens is 419 g/mol. The maximum Gasteiger partial charge on any atom is 0.387 e. The molecule has 0 aromatic heterocycles. The standard InChI is InChI=1S/C20H22Cl2N2O5/c1-13(2)29-19(25)20(24(26)27,11-14-4-5-15(21)10-18(14)22)12-23-16-6-8-17(28-3)9-7-16/h4-10,13,23H,11-12H2,1-3H3. The van der Waals surface area contributed by atoms with Gasteiger partial charge in [0.1, 0.15) is 5.75 Å². The first-order chi connectivity index (χ1) is 13.7. The van der Waals surface area contributed by atoms with Gasteiger partial charge in [-0.15, -0.1) is 0 Å². The summed E-state index contributed by atoms with van der Waals surface area (Å²) in [4.78, 5) is 24.3. The number of carbonyl (C=O) groups excluding carboxylic acids is 1. The highest BCUT2D eigenvalue weighted by Crippen LogP contribution is 2.28. The van der Waals surface area contributed by atoms with Crippen molar-refractivity contribution in [3.63, 3.8) is 0 Å². The second kappa shape index (κ2) is 9.80. The molecule has 0 spiro atoms. The van der Waals surface area contributed by atoms with Gasteiger partial charge in [0.05, 0.1) is 26.2 Å². The Hall–Kier alpha value is -2.51. The second-order valence-corrected chi connectivity index (χ2v) is 7.58. The van der Waals surface area contributed by atoms with Crippen molar-refractivity contribution < 1.29 is 19.2 Å². The molecule has 29 heavy (non-hydrogen) atoms. The summed E-state index contributed by atoms with van der Waals surface area (Å²) in [5.74, 6) is -0.298. The summed E-state index contributed by atoms with van der Waals surface area (Å²) in [5.41, 5.74) is -1.07. The third-order valence-corrected chi connectivity index (χ3v) is 4.83. The molecule has 0 aliphatic carbocycles. The lowest BCUT2D eigenvalue weighted by molar-refractivity contribution is -0.551. The van der Waals surface area contributed by atoms with Crippen molar-refractivity contribution >= 4 is 34.9 Å². The van der Waals surface area contributed by atoms with Crippen LogP contribution in [0.15, 0.2) is 42.5 Å². The SMILES string of the molecule is COc1ccc(NCC(Cc2ccc(Cl)cc2Cl)(C(=O)OC(C)C)[N+](=O)[O-])cc1. The van der Waals surface area contributed by atoms with Crippen molar-refractivity contribution in [1.29, 1.82) is 0 Å². The van der Waals surface area contributed by atoms with Crippen LogP contribution in [-0.4, -0.2) is 36.2 Å². The minimum atomic E-state index is -2.08. The Kier molecular flexibility index (Phi) is 7.70. The third kappa shape index (κ3) is 5.74. The Labute approximate surface area is 179 Å². The van der Waals surface area contributed by atoms with Crippen LogP contribution in [0.1, 0.15) is 19.4 Å². The van der Waals surface area contributed by atoms with Crippen LogP contribution in [0.3, 0.4) is 0 Å². The maximum atomic E-state index is 12.8. The van der Waals surface area contributed by atoms with Crippen LogP contribution < -0.4 is 10.1 Å². The number of methoxy groups -OCH3 is 1. The largest absolute Gasteiger partial charge is 0.497 e. The zero-order chi connectivity index (χ0) is 21.6. The molecule has 9 heteroatoms.